The van der Waals surface area contributed by atoms with Gasteiger partial charge in [-0.2, -0.15) is 13.2 Å². The SMILES string of the molecule is Cn1c(CN2CCC(c3ccc(C(F)(F)F)cc3OCC[18F])CC2)nc2ncccc21. The van der Waals surface area contributed by atoms with Crippen LogP contribution in [-0.2, 0) is 19.8 Å². The minimum absolute atomic E-state index is 0.0651. The normalized spacial score (nSPS) is 16.2. The maximum absolute atomic E-state index is 13.1. The van der Waals surface area contributed by atoms with Crippen molar-refractivity contribution in [2.24, 2.45) is 7.05 Å². The lowest BCUT2D eigenvalue weighted by Gasteiger charge is -2.32. The van der Waals surface area contributed by atoms with Crippen molar-refractivity contribution >= 4 is 11.2 Å². The number of benzene rings is 1. The highest BCUT2D eigenvalue weighted by Crippen LogP contribution is 2.39. The number of imidazole rings is 1. The Kier molecular flexibility index (Phi) is 6.13. The van der Waals surface area contributed by atoms with Crippen molar-refractivity contribution < 1.29 is 22.3 Å². The number of ether oxygens (including phenoxy) is 1. The molecule has 0 amide bonds. The Balaban J connectivity index is 1.46. The van der Waals surface area contributed by atoms with Crippen molar-refractivity contribution in [2.75, 3.05) is 26.4 Å². The lowest BCUT2D eigenvalue weighted by molar-refractivity contribution is -0.137. The Bertz CT molecular complexity index is 1040. The lowest BCUT2D eigenvalue weighted by atomic mass is 9.88. The third kappa shape index (κ3) is 4.66. The molecule has 31 heavy (non-hydrogen) atoms. The number of hydrogen-bond acceptors (Lipinski definition) is 4. The van der Waals surface area contributed by atoms with Crippen molar-refractivity contribution in [3.8, 4) is 5.75 Å². The molecule has 9 heteroatoms. The van der Waals surface area contributed by atoms with Gasteiger partial charge in [0, 0.05) is 13.2 Å². The second-order valence-electron chi connectivity index (χ2n) is 7.77. The fourth-order valence-corrected chi connectivity index (χ4v) is 4.14. The summed E-state index contributed by atoms with van der Waals surface area (Å²) in [5.74, 6) is 1.12. The molecule has 3 aromatic rings. The molecule has 2 aromatic heterocycles. The van der Waals surface area contributed by atoms with E-state index in [1.165, 1.54) is 6.07 Å². The molecule has 5 nitrogen and oxygen atoms in total. The van der Waals surface area contributed by atoms with Crippen molar-refractivity contribution in [3.05, 3.63) is 53.5 Å². The number of fused-ring (bicyclic) bond motifs is 1. The third-order valence-electron chi connectivity index (χ3n) is 5.82. The van der Waals surface area contributed by atoms with Crippen LogP contribution in [0.5, 0.6) is 5.75 Å². The van der Waals surface area contributed by atoms with E-state index in [4.69, 9.17) is 4.74 Å². The molecule has 1 fully saturated rings. The number of likely N-dealkylation sites (tertiary alicyclic amines) is 1. The van der Waals surface area contributed by atoms with Gasteiger partial charge in [-0.3, -0.25) is 4.90 Å². The fraction of sp³-hybridized carbons (Fsp3) is 0.455. The summed E-state index contributed by atoms with van der Waals surface area (Å²) in [6.07, 6.45) is -1.19. The molecule has 0 spiro atoms. The molecule has 3 heterocycles. The van der Waals surface area contributed by atoms with E-state index in [1.807, 2.05) is 23.7 Å². The van der Waals surface area contributed by atoms with Crippen LogP contribution < -0.4 is 4.74 Å². The van der Waals surface area contributed by atoms with Crippen LogP contribution in [0.15, 0.2) is 36.5 Å². The van der Waals surface area contributed by atoms with Crippen LogP contribution in [0.1, 0.15) is 35.7 Å². The average molecular weight is 435 g/mol. The zero-order chi connectivity index (χ0) is 22.0. The van der Waals surface area contributed by atoms with E-state index in [0.717, 1.165) is 49.4 Å². The van der Waals surface area contributed by atoms with Crippen molar-refractivity contribution in [3.63, 3.8) is 0 Å². The number of pyridine rings is 1. The Morgan fingerprint density at radius 1 is 1.16 bits per heavy atom. The first-order valence-electron chi connectivity index (χ1n) is 10.3. The smallest absolute Gasteiger partial charge is 0.416 e. The maximum atomic E-state index is 13.1. The number of aromatic nitrogens is 3. The number of aryl methyl sites for hydroxylation is 1. The second-order valence-corrected chi connectivity index (χ2v) is 7.77. The van der Waals surface area contributed by atoms with Gasteiger partial charge in [0.15, 0.2) is 5.65 Å². The van der Waals surface area contributed by atoms with Crippen LogP contribution >= 0.6 is 0 Å². The average Bonchev–Trinajstić information content (AvgIpc) is 3.07. The molecule has 1 aliphatic heterocycles. The van der Waals surface area contributed by atoms with E-state index < -0.39 is 18.4 Å². The van der Waals surface area contributed by atoms with E-state index in [1.54, 1.807) is 6.20 Å². The topological polar surface area (TPSA) is 43.2 Å². The molecule has 1 saturated heterocycles. The Labute approximate surface area is 177 Å². The standard InChI is InChI=1S/C22H24F4N4O/c1-29-18-3-2-9-27-21(18)28-20(29)14-30-10-6-15(7-11-30)17-5-4-16(22(24,25)26)13-19(17)31-12-8-23/h2-5,9,13,15H,6-8,10-12,14H2,1H3/i23-1. The molecule has 0 atom stereocenters. The summed E-state index contributed by atoms with van der Waals surface area (Å²) in [5, 5.41) is 0. The van der Waals surface area contributed by atoms with Gasteiger partial charge in [-0.25, -0.2) is 14.4 Å². The summed E-state index contributed by atoms with van der Waals surface area (Å²) in [4.78, 5) is 11.2. The van der Waals surface area contributed by atoms with Gasteiger partial charge in [-0.15, -0.1) is 0 Å². The van der Waals surface area contributed by atoms with Crippen LogP contribution in [0.25, 0.3) is 11.2 Å². The molecule has 0 unspecified atom stereocenters. The monoisotopic (exact) mass is 435 g/mol. The van der Waals surface area contributed by atoms with Crippen LogP contribution in [0, 0.1) is 0 Å². The Hall–Kier alpha value is -2.68. The minimum atomic E-state index is -4.46. The summed E-state index contributed by atoms with van der Waals surface area (Å²) in [6, 6.07) is 7.41. The molecule has 4 rings (SSSR count). The maximum Gasteiger partial charge on any atom is 0.416 e. The van der Waals surface area contributed by atoms with Gasteiger partial charge in [0.2, 0.25) is 0 Å². The molecular weight excluding hydrogens is 411 g/mol. The van der Waals surface area contributed by atoms with Crippen molar-refractivity contribution in [2.45, 2.75) is 31.5 Å². The predicted molar refractivity (Wildman–Crippen MR) is 109 cm³/mol. The first-order valence-corrected chi connectivity index (χ1v) is 10.3. The van der Waals surface area contributed by atoms with Crippen molar-refractivity contribution in [1.29, 1.82) is 0 Å². The number of piperidine rings is 1. The first-order chi connectivity index (χ1) is 14.9. The van der Waals surface area contributed by atoms with Crippen LogP contribution in [-0.4, -0.2) is 45.8 Å². The lowest BCUT2D eigenvalue weighted by Crippen LogP contribution is -2.33. The first kappa shape index (κ1) is 21.5. The van der Waals surface area contributed by atoms with Gasteiger partial charge >= 0.3 is 6.18 Å². The van der Waals surface area contributed by atoms with Crippen LogP contribution in [0.4, 0.5) is 17.6 Å². The molecule has 0 N–H and O–H groups in total. The highest BCUT2D eigenvalue weighted by Gasteiger charge is 2.32. The summed E-state index contributed by atoms with van der Waals surface area (Å²) < 4.78 is 59.2. The van der Waals surface area contributed by atoms with Crippen LogP contribution in [0.3, 0.4) is 0 Å². The quantitative estimate of drug-likeness (QED) is 0.526. The predicted octanol–water partition coefficient (Wildman–Crippen LogP) is 4.72. The molecule has 1 aromatic carbocycles. The number of rotatable bonds is 6. The molecular formula is C22H24F4N4O. The van der Waals surface area contributed by atoms with Gasteiger partial charge in [-0.05, 0) is 61.7 Å². The Morgan fingerprint density at radius 3 is 2.61 bits per heavy atom. The molecule has 0 saturated carbocycles. The highest BCUT2D eigenvalue weighted by molar-refractivity contribution is 5.71. The summed E-state index contributed by atoms with van der Waals surface area (Å²) >= 11 is 0. The van der Waals surface area contributed by atoms with Gasteiger partial charge in [0.25, 0.3) is 0 Å². The van der Waals surface area contributed by atoms with Gasteiger partial charge < -0.3 is 9.30 Å². The molecule has 0 radical (unpaired) electrons. The van der Waals surface area contributed by atoms with E-state index in [2.05, 4.69) is 14.9 Å². The molecule has 166 valence electrons. The van der Waals surface area contributed by atoms with E-state index in [9.17, 15) is 17.6 Å². The fourth-order valence-electron chi connectivity index (χ4n) is 4.14. The number of alkyl halides is 4. The highest BCUT2D eigenvalue weighted by atomic mass is 19.4. The number of hydrogen-bond donors (Lipinski definition) is 0. The zero-order valence-corrected chi connectivity index (χ0v) is 17.2. The summed E-state index contributed by atoms with van der Waals surface area (Å²) in [6.45, 7) is 1.24. The van der Waals surface area contributed by atoms with Gasteiger partial charge in [0.1, 0.15) is 24.9 Å². The third-order valence-corrected chi connectivity index (χ3v) is 5.82. The van der Waals surface area contributed by atoms with Gasteiger partial charge in [-0.1, -0.05) is 6.07 Å². The van der Waals surface area contributed by atoms with Crippen molar-refractivity contribution in [1.82, 2.24) is 19.4 Å². The van der Waals surface area contributed by atoms with E-state index in [-0.39, 0.29) is 18.3 Å². The molecule has 0 bridgehead atoms. The number of nitrogens with zero attached hydrogens (tertiary/aromatic N) is 4. The van der Waals surface area contributed by atoms with E-state index in [0.29, 0.717) is 17.8 Å². The summed E-state index contributed by atoms with van der Waals surface area (Å²) in [5.41, 5.74) is 1.63. The zero-order valence-electron chi connectivity index (χ0n) is 17.2. The molecule has 0 aliphatic carbocycles. The second kappa shape index (κ2) is 8.82. The Morgan fingerprint density at radius 2 is 1.94 bits per heavy atom. The van der Waals surface area contributed by atoms with E-state index >= 15 is 0 Å². The molecule has 1 aliphatic rings. The largest absolute Gasteiger partial charge is 0.491 e. The van der Waals surface area contributed by atoms with Gasteiger partial charge in [0.05, 0.1) is 17.6 Å². The number of halogens is 4. The van der Waals surface area contributed by atoms with Crippen LogP contribution in [0.2, 0.25) is 0 Å². The summed E-state index contributed by atoms with van der Waals surface area (Å²) in [7, 11) is 1.97. The minimum Gasteiger partial charge on any atom is -0.491 e.